The highest BCUT2D eigenvalue weighted by Gasteiger charge is 2.12. The largest absolute Gasteiger partial charge is 0.497 e. The van der Waals surface area contributed by atoms with E-state index >= 15 is 0 Å². The zero-order valence-electron chi connectivity index (χ0n) is 11.2. The quantitative estimate of drug-likeness (QED) is 0.680. The van der Waals surface area contributed by atoms with Crippen LogP contribution in [0, 0.1) is 5.82 Å². The SMILES string of the molecule is COc1ccc(S(=O)(=O)NN=Cc2ccccc2F)cc1. The third-order valence-electron chi connectivity index (χ3n) is 2.65. The van der Waals surface area contributed by atoms with Crippen LogP contribution < -0.4 is 9.57 Å². The molecule has 0 bridgehead atoms. The molecule has 0 atom stereocenters. The van der Waals surface area contributed by atoms with Crippen molar-refractivity contribution in [2.45, 2.75) is 4.90 Å². The molecule has 0 amide bonds. The summed E-state index contributed by atoms with van der Waals surface area (Å²) in [7, 11) is -2.31. The molecular weight excluding hydrogens is 295 g/mol. The maximum absolute atomic E-state index is 13.3. The van der Waals surface area contributed by atoms with E-state index < -0.39 is 15.8 Å². The Hall–Kier alpha value is -2.41. The molecule has 0 aromatic heterocycles. The zero-order chi connectivity index (χ0) is 15.3. The number of methoxy groups -OCH3 is 1. The molecule has 110 valence electrons. The van der Waals surface area contributed by atoms with Crippen molar-refractivity contribution in [2.75, 3.05) is 7.11 Å². The van der Waals surface area contributed by atoms with Gasteiger partial charge in [0.2, 0.25) is 0 Å². The maximum Gasteiger partial charge on any atom is 0.276 e. The minimum Gasteiger partial charge on any atom is -0.497 e. The Morgan fingerprint density at radius 1 is 1.14 bits per heavy atom. The molecule has 0 radical (unpaired) electrons. The summed E-state index contributed by atoms with van der Waals surface area (Å²) < 4.78 is 42.2. The second-order valence-corrected chi connectivity index (χ2v) is 5.71. The van der Waals surface area contributed by atoms with Crippen LogP contribution in [0.25, 0.3) is 0 Å². The standard InChI is InChI=1S/C14H13FN2O3S/c1-20-12-6-8-13(9-7-12)21(18,19)17-16-10-11-4-2-3-5-14(11)15/h2-10,17H,1H3. The van der Waals surface area contributed by atoms with Crippen LogP contribution in [0.3, 0.4) is 0 Å². The first-order valence-electron chi connectivity index (χ1n) is 5.96. The summed E-state index contributed by atoms with van der Waals surface area (Å²) in [6, 6.07) is 11.7. The summed E-state index contributed by atoms with van der Waals surface area (Å²) in [6.07, 6.45) is 1.11. The van der Waals surface area contributed by atoms with Crippen LogP contribution in [0.2, 0.25) is 0 Å². The van der Waals surface area contributed by atoms with Gasteiger partial charge in [0.15, 0.2) is 0 Å². The first-order valence-corrected chi connectivity index (χ1v) is 7.45. The number of hydrogen-bond acceptors (Lipinski definition) is 4. The van der Waals surface area contributed by atoms with Gasteiger partial charge in [0.05, 0.1) is 18.2 Å². The highest BCUT2D eigenvalue weighted by atomic mass is 32.2. The molecule has 21 heavy (non-hydrogen) atoms. The number of nitrogens with one attached hydrogen (secondary N) is 1. The smallest absolute Gasteiger partial charge is 0.276 e. The fourth-order valence-electron chi connectivity index (χ4n) is 1.55. The molecular formula is C14H13FN2O3S. The van der Waals surface area contributed by atoms with E-state index in [-0.39, 0.29) is 10.5 Å². The molecule has 1 N–H and O–H groups in total. The van der Waals surface area contributed by atoms with Crippen LogP contribution in [0.1, 0.15) is 5.56 Å². The Labute approximate surface area is 122 Å². The average molecular weight is 308 g/mol. The summed E-state index contributed by atoms with van der Waals surface area (Å²) in [4.78, 5) is 2.06. The molecule has 0 heterocycles. The zero-order valence-corrected chi connectivity index (χ0v) is 12.0. The van der Waals surface area contributed by atoms with Gasteiger partial charge in [-0.25, -0.2) is 9.22 Å². The predicted octanol–water partition coefficient (Wildman–Crippen LogP) is 2.15. The molecule has 0 aliphatic carbocycles. The molecule has 0 unspecified atom stereocenters. The van der Waals surface area contributed by atoms with Gasteiger partial charge in [0.1, 0.15) is 11.6 Å². The van der Waals surface area contributed by atoms with Crippen molar-refractivity contribution in [3.63, 3.8) is 0 Å². The first-order chi connectivity index (χ1) is 10.0. The van der Waals surface area contributed by atoms with Crippen LogP contribution in [-0.4, -0.2) is 21.7 Å². The molecule has 2 rings (SSSR count). The summed E-state index contributed by atoms with van der Waals surface area (Å²) in [5, 5.41) is 3.56. The van der Waals surface area contributed by atoms with Crippen LogP contribution in [0.4, 0.5) is 4.39 Å². The van der Waals surface area contributed by atoms with Crippen LogP contribution in [-0.2, 0) is 10.0 Å². The average Bonchev–Trinajstić information content (AvgIpc) is 2.49. The number of rotatable bonds is 5. The van der Waals surface area contributed by atoms with Gasteiger partial charge < -0.3 is 4.74 Å². The maximum atomic E-state index is 13.3. The van der Waals surface area contributed by atoms with Gasteiger partial charge in [-0.1, -0.05) is 18.2 Å². The van der Waals surface area contributed by atoms with Crippen molar-refractivity contribution in [2.24, 2.45) is 5.10 Å². The molecule has 0 spiro atoms. The third kappa shape index (κ3) is 3.79. The van der Waals surface area contributed by atoms with Gasteiger partial charge in [0.25, 0.3) is 10.0 Å². The number of hydrazone groups is 1. The van der Waals surface area contributed by atoms with E-state index in [2.05, 4.69) is 5.10 Å². The van der Waals surface area contributed by atoms with Crippen molar-refractivity contribution >= 4 is 16.2 Å². The third-order valence-corrected chi connectivity index (χ3v) is 3.89. The van der Waals surface area contributed by atoms with Gasteiger partial charge in [-0.05, 0) is 30.3 Å². The molecule has 0 saturated carbocycles. The number of sulfonamides is 1. The summed E-state index contributed by atoms with van der Waals surface area (Å²) in [6.45, 7) is 0. The van der Waals surface area contributed by atoms with E-state index in [4.69, 9.17) is 4.74 Å². The lowest BCUT2D eigenvalue weighted by Gasteiger charge is -2.04. The molecule has 0 fully saturated rings. The Morgan fingerprint density at radius 3 is 2.43 bits per heavy atom. The number of halogens is 1. The van der Waals surface area contributed by atoms with Gasteiger partial charge in [-0.3, -0.25) is 0 Å². The Morgan fingerprint density at radius 2 is 1.81 bits per heavy atom. The lowest BCUT2D eigenvalue weighted by atomic mass is 10.2. The van der Waals surface area contributed by atoms with E-state index in [9.17, 15) is 12.8 Å². The number of nitrogens with zero attached hydrogens (tertiary/aromatic N) is 1. The van der Waals surface area contributed by atoms with E-state index in [0.29, 0.717) is 5.75 Å². The summed E-state index contributed by atoms with van der Waals surface area (Å²) >= 11 is 0. The van der Waals surface area contributed by atoms with Gasteiger partial charge in [0, 0.05) is 5.56 Å². The fraction of sp³-hybridized carbons (Fsp3) is 0.0714. The minimum atomic E-state index is -3.79. The molecule has 2 aromatic rings. The van der Waals surface area contributed by atoms with Gasteiger partial charge in [-0.2, -0.15) is 13.5 Å². The highest BCUT2D eigenvalue weighted by molar-refractivity contribution is 7.89. The molecule has 0 aliphatic rings. The van der Waals surface area contributed by atoms with Crippen molar-refractivity contribution in [3.05, 3.63) is 59.9 Å². The summed E-state index contributed by atoms with van der Waals surface area (Å²) in [5.41, 5.74) is 0.190. The van der Waals surface area contributed by atoms with E-state index in [1.807, 2.05) is 4.83 Å². The normalized spacial score (nSPS) is 11.5. The Kier molecular flexibility index (Phi) is 4.54. The molecule has 0 aliphatic heterocycles. The van der Waals surface area contributed by atoms with E-state index in [0.717, 1.165) is 6.21 Å². The Bertz CT molecular complexity index is 743. The van der Waals surface area contributed by atoms with Crippen LogP contribution in [0.15, 0.2) is 58.5 Å². The topological polar surface area (TPSA) is 67.8 Å². The van der Waals surface area contributed by atoms with Crippen molar-refractivity contribution in [3.8, 4) is 5.75 Å². The minimum absolute atomic E-state index is 0.0361. The summed E-state index contributed by atoms with van der Waals surface area (Å²) in [5.74, 6) is 0.0636. The van der Waals surface area contributed by atoms with E-state index in [1.54, 1.807) is 6.07 Å². The van der Waals surface area contributed by atoms with Crippen molar-refractivity contribution in [1.82, 2.24) is 4.83 Å². The van der Waals surface area contributed by atoms with Crippen molar-refractivity contribution in [1.29, 1.82) is 0 Å². The molecule has 2 aromatic carbocycles. The number of benzene rings is 2. The number of ether oxygens (including phenoxy) is 1. The first kappa shape index (κ1) is 15.0. The van der Waals surface area contributed by atoms with Gasteiger partial charge in [-0.15, -0.1) is 0 Å². The second-order valence-electron chi connectivity index (χ2n) is 4.05. The Balaban J connectivity index is 2.12. The highest BCUT2D eigenvalue weighted by Crippen LogP contribution is 2.15. The number of hydrogen-bond donors (Lipinski definition) is 1. The van der Waals surface area contributed by atoms with Gasteiger partial charge >= 0.3 is 0 Å². The lowest BCUT2D eigenvalue weighted by Crippen LogP contribution is -2.18. The predicted molar refractivity (Wildman–Crippen MR) is 77.3 cm³/mol. The molecule has 5 nitrogen and oxygen atoms in total. The van der Waals surface area contributed by atoms with E-state index in [1.165, 1.54) is 49.6 Å². The van der Waals surface area contributed by atoms with Crippen LogP contribution >= 0.6 is 0 Å². The fourth-order valence-corrected chi connectivity index (χ4v) is 2.34. The monoisotopic (exact) mass is 308 g/mol. The van der Waals surface area contributed by atoms with Crippen molar-refractivity contribution < 1.29 is 17.5 Å². The lowest BCUT2D eigenvalue weighted by molar-refractivity contribution is 0.414. The van der Waals surface area contributed by atoms with Crippen LogP contribution in [0.5, 0.6) is 5.75 Å². The second kappa shape index (κ2) is 6.36. The molecule has 0 saturated heterocycles. The molecule has 7 heteroatoms.